The van der Waals surface area contributed by atoms with Crippen molar-refractivity contribution >= 4 is 17.2 Å². The van der Waals surface area contributed by atoms with E-state index in [-0.39, 0.29) is 18.6 Å². The number of amides is 1. The zero-order valence-corrected chi connectivity index (χ0v) is 12.4. The van der Waals surface area contributed by atoms with Gasteiger partial charge in [-0.15, -0.1) is 11.3 Å². The number of rotatable bonds is 7. The lowest BCUT2D eigenvalue weighted by Crippen LogP contribution is -2.30. The molecule has 1 heterocycles. The Hall–Kier alpha value is -0.940. The second-order valence-electron chi connectivity index (χ2n) is 4.37. The number of nitrogens with one attached hydrogen (secondary N) is 1. The third-order valence-electron chi connectivity index (χ3n) is 2.60. The van der Waals surface area contributed by atoms with Gasteiger partial charge < -0.3 is 10.1 Å². The highest BCUT2D eigenvalue weighted by molar-refractivity contribution is 7.11. The number of ether oxygens (including phenoxy) is 1. The molecule has 0 aromatic carbocycles. The maximum absolute atomic E-state index is 11.6. The minimum absolute atomic E-state index is 0.0581. The molecule has 1 aromatic rings. The maximum Gasteiger partial charge on any atom is 0.246 e. The van der Waals surface area contributed by atoms with Gasteiger partial charge in [0.2, 0.25) is 5.91 Å². The fraction of sp³-hybridized carbons (Fsp3) is 0.692. The van der Waals surface area contributed by atoms with Gasteiger partial charge >= 0.3 is 0 Å². The van der Waals surface area contributed by atoms with E-state index < -0.39 is 0 Å². The fourth-order valence-electron chi connectivity index (χ4n) is 1.71. The first kappa shape index (κ1) is 15.1. The molecule has 0 aliphatic heterocycles. The average Bonchev–Trinajstić information content (AvgIpc) is 2.64. The molecule has 0 aliphatic carbocycles. The minimum Gasteiger partial charge on any atom is -0.372 e. The molecule has 5 heteroatoms. The van der Waals surface area contributed by atoms with E-state index in [1.807, 2.05) is 20.8 Å². The van der Waals surface area contributed by atoms with Crippen molar-refractivity contribution in [1.82, 2.24) is 10.3 Å². The Morgan fingerprint density at radius 2 is 2.22 bits per heavy atom. The molecule has 0 saturated heterocycles. The molecule has 0 unspecified atom stereocenters. The van der Waals surface area contributed by atoms with Crippen molar-refractivity contribution in [1.29, 1.82) is 0 Å². The van der Waals surface area contributed by atoms with E-state index in [4.69, 9.17) is 4.74 Å². The number of hydrogen-bond donors (Lipinski definition) is 1. The van der Waals surface area contributed by atoms with Crippen molar-refractivity contribution in [3.63, 3.8) is 0 Å². The Balaban J connectivity index is 2.37. The van der Waals surface area contributed by atoms with E-state index in [1.165, 1.54) is 0 Å². The molecule has 0 aliphatic rings. The lowest BCUT2D eigenvalue weighted by Gasteiger charge is -2.12. The predicted molar refractivity (Wildman–Crippen MR) is 73.9 cm³/mol. The average molecular weight is 270 g/mol. The summed E-state index contributed by atoms with van der Waals surface area (Å²) in [7, 11) is 0. The molecule has 0 bridgehead atoms. The first-order valence-corrected chi connectivity index (χ1v) is 7.17. The molecule has 1 aromatic heterocycles. The van der Waals surface area contributed by atoms with Crippen molar-refractivity contribution in [2.75, 3.05) is 13.2 Å². The van der Waals surface area contributed by atoms with Gasteiger partial charge in [-0.25, -0.2) is 4.98 Å². The molecule has 1 rings (SSSR count). The number of carbonyl (C=O) groups excluding carboxylic acids is 1. The normalized spacial score (nSPS) is 12.4. The summed E-state index contributed by atoms with van der Waals surface area (Å²) in [6, 6.07) is -0.0581. The summed E-state index contributed by atoms with van der Waals surface area (Å²) in [6.45, 7) is 8.83. The van der Waals surface area contributed by atoms with Gasteiger partial charge in [-0.05, 0) is 27.2 Å². The number of aromatic nitrogens is 1. The summed E-state index contributed by atoms with van der Waals surface area (Å²) < 4.78 is 5.28. The summed E-state index contributed by atoms with van der Waals surface area (Å²) in [5.74, 6) is -0.0799. The minimum atomic E-state index is -0.0799. The fourth-order valence-corrected chi connectivity index (χ4v) is 2.62. The van der Waals surface area contributed by atoms with Crippen molar-refractivity contribution in [3.8, 4) is 0 Å². The van der Waals surface area contributed by atoms with Crippen LogP contribution in [-0.2, 0) is 9.53 Å². The highest BCUT2D eigenvalue weighted by Gasteiger charge is 2.15. The lowest BCUT2D eigenvalue weighted by atomic mass is 10.2. The van der Waals surface area contributed by atoms with Crippen LogP contribution in [0.1, 0.15) is 48.3 Å². The monoisotopic (exact) mass is 270 g/mol. The van der Waals surface area contributed by atoms with Crippen LogP contribution in [0.15, 0.2) is 0 Å². The molecule has 0 fully saturated rings. The van der Waals surface area contributed by atoms with Crippen LogP contribution in [0.4, 0.5) is 0 Å². The standard InChI is InChI=1S/C13H22N2O2S/c1-5-6-7-17-8-12(16)14-9(2)13-10(3)18-11(4)15-13/h9H,5-8H2,1-4H3,(H,14,16)/t9-/m1/s1. The number of thiazole rings is 1. The Labute approximate surface area is 113 Å². The van der Waals surface area contributed by atoms with Gasteiger partial charge in [-0.3, -0.25) is 4.79 Å². The third-order valence-corrected chi connectivity index (χ3v) is 3.50. The highest BCUT2D eigenvalue weighted by atomic mass is 32.1. The van der Waals surface area contributed by atoms with E-state index in [9.17, 15) is 4.79 Å². The summed E-state index contributed by atoms with van der Waals surface area (Å²) in [5.41, 5.74) is 0.958. The highest BCUT2D eigenvalue weighted by Crippen LogP contribution is 2.22. The number of aryl methyl sites for hydroxylation is 2. The van der Waals surface area contributed by atoms with Crippen LogP contribution in [0.25, 0.3) is 0 Å². The third kappa shape index (κ3) is 4.74. The Kier molecular flexibility index (Phi) is 6.29. The van der Waals surface area contributed by atoms with E-state index in [1.54, 1.807) is 11.3 Å². The van der Waals surface area contributed by atoms with Gasteiger partial charge in [-0.2, -0.15) is 0 Å². The Morgan fingerprint density at radius 3 is 2.78 bits per heavy atom. The van der Waals surface area contributed by atoms with Gasteiger partial charge in [0.1, 0.15) is 6.61 Å². The molecule has 4 nitrogen and oxygen atoms in total. The summed E-state index contributed by atoms with van der Waals surface area (Å²) in [4.78, 5) is 17.2. The van der Waals surface area contributed by atoms with Gasteiger partial charge in [-0.1, -0.05) is 13.3 Å². The van der Waals surface area contributed by atoms with Crippen molar-refractivity contribution in [3.05, 3.63) is 15.6 Å². The quantitative estimate of drug-likeness (QED) is 0.775. The topological polar surface area (TPSA) is 51.2 Å². The molecule has 1 N–H and O–H groups in total. The molecule has 1 atom stereocenters. The zero-order chi connectivity index (χ0) is 13.5. The molecule has 0 saturated carbocycles. The summed E-state index contributed by atoms with van der Waals surface area (Å²) in [5, 5.41) is 3.94. The second-order valence-corrected chi connectivity index (χ2v) is 5.78. The molecular formula is C13H22N2O2S. The van der Waals surface area contributed by atoms with Crippen LogP contribution in [-0.4, -0.2) is 24.1 Å². The summed E-state index contributed by atoms with van der Waals surface area (Å²) in [6.07, 6.45) is 2.07. The first-order chi connectivity index (χ1) is 8.54. The van der Waals surface area contributed by atoms with Gasteiger partial charge in [0.25, 0.3) is 0 Å². The van der Waals surface area contributed by atoms with Gasteiger partial charge in [0.15, 0.2) is 0 Å². The van der Waals surface area contributed by atoms with E-state index in [2.05, 4.69) is 17.2 Å². The van der Waals surface area contributed by atoms with Crippen LogP contribution in [0.2, 0.25) is 0 Å². The SMILES string of the molecule is CCCCOCC(=O)N[C@H](C)c1nc(C)sc1C. The molecule has 102 valence electrons. The number of nitrogens with zero attached hydrogens (tertiary/aromatic N) is 1. The van der Waals surface area contributed by atoms with Crippen LogP contribution in [0.5, 0.6) is 0 Å². The van der Waals surface area contributed by atoms with Crippen molar-refractivity contribution < 1.29 is 9.53 Å². The molecular weight excluding hydrogens is 248 g/mol. The van der Waals surface area contributed by atoms with Crippen LogP contribution in [0, 0.1) is 13.8 Å². The van der Waals surface area contributed by atoms with Gasteiger partial charge in [0, 0.05) is 11.5 Å². The smallest absolute Gasteiger partial charge is 0.246 e. The molecule has 18 heavy (non-hydrogen) atoms. The maximum atomic E-state index is 11.6. The second kappa shape index (κ2) is 7.48. The molecule has 1 amide bonds. The summed E-state index contributed by atoms with van der Waals surface area (Å²) >= 11 is 1.66. The number of unbranched alkanes of at least 4 members (excludes halogenated alkanes) is 1. The Morgan fingerprint density at radius 1 is 1.50 bits per heavy atom. The first-order valence-electron chi connectivity index (χ1n) is 6.35. The lowest BCUT2D eigenvalue weighted by molar-refractivity contribution is -0.126. The van der Waals surface area contributed by atoms with Crippen LogP contribution in [0.3, 0.4) is 0 Å². The number of carbonyl (C=O) groups is 1. The predicted octanol–water partition coefficient (Wildman–Crippen LogP) is 2.75. The van der Waals surface area contributed by atoms with Gasteiger partial charge in [0.05, 0.1) is 16.7 Å². The van der Waals surface area contributed by atoms with E-state index in [0.717, 1.165) is 28.4 Å². The van der Waals surface area contributed by atoms with Crippen molar-refractivity contribution in [2.24, 2.45) is 0 Å². The van der Waals surface area contributed by atoms with E-state index >= 15 is 0 Å². The molecule has 0 spiro atoms. The van der Waals surface area contributed by atoms with Crippen molar-refractivity contribution in [2.45, 2.75) is 46.6 Å². The molecule has 0 radical (unpaired) electrons. The largest absolute Gasteiger partial charge is 0.372 e. The Bertz CT molecular complexity index is 390. The van der Waals surface area contributed by atoms with E-state index in [0.29, 0.717) is 6.61 Å². The van der Waals surface area contributed by atoms with Crippen LogP contribution < -0.4 is 5.32 Å². The van der Waals surface area contributed by atoms with Crippen LogP contribution >= 0.6 is 11.3 Å². The zero-order valence-electron chi connectivity index (χ0n) is 11.6. The number of hydrogen-bond acceptors (Lipinski definition) is 4.